The molecule has 0 aliphatic rings. The number of hydrogen-bond acceptors (Lipinski definition) is 3. The van der Waals surface area contributed by atoms with Gasteiger partial charge in [-0.2, -0.15) is 0 Å². The molecular formula is C11H15N3O. The number of nitrogens with zero attached hydrogens (tertiary/aromatic N) is 1. The van der Waals surface area contributed by atoms with Crippen LogP contribution in [0.25, 0.3) is 0 Å². The Labute approximate surface area is 89.4 Å². The van der Waals surface area contributed by atoms with E-state index < -0.39 is 0 Å². The average Bonchev–Trinajstić information content (AvgIpc) is 2.30. The van der Waals surface area contributed by atoms with E-state index in [0.717, 1.165) is 19.4 Å². The summed E-state index contributed by atoms with van der Waals surface area (Å²) in [6.07, 6.45) is 5.33. The van der Waals surface area contributed by atoms with E-state index in [-0.39, 0.29) is 5.91 Å². The molecular weight excluding hydrogens is 190 g/mol. The smallest absolute Gasteiger partial charge is 0.283 e. The molecule has 1 aromatic rings. The highest BCUT2D eigenvalue weighted by Crippen LogP contribution is 1.91. The fraction of sp³-hybridized carbons (Fsp3) is 0.273. The molecule has 0 aromatic carbocycles. The number of hydrogen-bond donors (Lipinski definition) is 2. The van der Waals surface area contributed by atoms with Crippen LogP contribution in [0.3, 0.4) is 0 Å². The van der Waals surface area contributed by atoms with Crippen molar-refractivity contribution < 1.29 is 4.79 Å². The molecule has 0 aliphatic carbocycles. The number of nitrogens with one attached hydrogen (secondary N) is 2. The van der Waals surface area contributed by atoms with Gasteiger partial charge >= 0.3 is 0 Å². The van der Waals surface area contributed by atoms with Gasteiger partial charge in [-0.15, -0.1) is 6.58 Å². The lowest BCUT2D eigenvalue weighted by Crippen LogP contribution is -2.38. The Kier molecular flexibility index (Phi) is 5.11. The molecule has 1 rings (SSSR count). The Morgan fingerprint density at radius 2 is 2.40 bits per heavy atom. The summed E-state index contributed by atoms with van der Waals surface area (Å²) in [6.45, 7) is 4.34. The lowest BCUT2D eigenvalue weighted by molar-refractivity contribution is 0.0928. The van der Waals surface area contributed by atoms with Crippen LogP contribution in [0.1, 0.15) is 23.3 Å². The number of amides is 1. The first-order valence-electron chi connectivity index (χ1n) is 4.89. The second-order valence-corrected chi connectivity index (χ2v) is 3.03. The van der Waals surface area contributed by atoms with Gasteiger partial charge in [-0.3, -0.25) is 15.2 Å². The van der Waals surface area contributed by atoms with Crippen molar-refractivity contribution in [1.82, 2.24) is 15.8 Å². The Balaban J connectivity index is 2.22. The number of hydrazine groups is 1. The maximum atomic E-state index is 11.4. The third-order valence-electron chi connectivity index (χ3n) is 1.81. The summed E-state index contributed by atoms with van der Waals surface area (Å²) in [7, 11) is 0. The number of pyridine rings is 1. The summed E-state index contributed by atoms with van der Waals surface area (Å²) in [5.41, 5.74) is 5.81. The summed E-state index contributed by atoms with van der Waals surface area (Å²) in [4.78, 5) is 15.3. The number of unbranched alkanes of at least 4 members (excludes halogenated alkanes) is 1. The van der Waals surface area contributed by atoms with Gasteiger partial charge in [-0.1, -0.05) is 12.1 Å². The minimum atomic E-state index is -0.214. The fourth-order valence-corrected chi connectivity index (χ4v) is 1.04. The zero-order valence-electron chi connectivity index (χ0n) is 8.57. The maximum Gasteiger partial charge on any atom is 0.283 e. The summed E-state index contributed by atoms with van der Waals surface area (Å²) < 4.78 is 0. The monoisotopic (exact) mass is 205 g/mol. The van der Waals surface area contributed by atoms with Crippen molar-refractivity contribution in [3.63, 3.8) is 0 Å². The van der Waals surface area contributed by atoms with E-state index in [2.05, 4.69) is 22.4 Å². The molecule has 15 heavy (non-hydrogen) atoms. The van der Waals surface area contributed by atoms with E-state index in [0.29, 0.717) is 5.69 Å². The van der Waals surface area contributed by atoms with Gasteiger partial charge < -0.3 is 0 Å². The van der Waals surface area contributed by atoms with Crippen LogP contribution in [0.5, 0.6) is 0 Å². The number of allylic oxidation sites excluding steroid dienone is 1. The molecule has 1 aromatic heterocycles. The second kappa shape index (κ2) is 6.73. The lowest BCUT2D eigenvalue weighted by atomic mass is 10.3. The van der Waals surface area contributed by atoms with Crippen LogP contribution < -0.4 is 10.9 Å². The van der Waals surface area contributed by atoms with Crippen molar-refractivity contribution in [3.8, 4) is 0 Å². The molecule has 0 saturated heterocycles. The maximum absolute atomic E-state index is 11.4. The van der Waals surface area contributed by atoms with Crippen LogP contribution in [0.4, 0.5) is 0 Å². The van der Waals surface area contributed by atoms with Crippen molar-refractivity contribution in [2.24, 2.45) is 0 Å². The van der Waals surface area contributed by atoms with E-state index in [9.17, 15) is 4.79 Å². The van der Waals surface area contributed by atoms with Crippen LogP contribution in [0.15, 0.2) is 37.1 Å². The number of rotatable bonds is 6. The second-order valence-electron chi connectivity index (χ2n) is 3.03. The van der Waals surface area contributed by atoms with Crippen molar-refractivity contribution in [2.75, 3.05) is 6.54 Å². The highest BCUT2D eigenvalue weighted by molar-refractivity contribution is 5.91. The minimum absolute atomic E-state index is 0.214. The highest BCUT2D eigenvalue weighted by atomic mass is 16.2. The fourth-order valence-electron chi connectivity index (χ4n) is 1.04. The average molecular weight is 205 g/mol. The molecule has 2 N–H and O–H groups in total. The minimum Gasteiger partial charge on any atom is -0.286 e. The molecule has 0 spiro atoms. The Morgan fingerprint density at radius 3 is 3.07 bits per heavy atom. The van der Waals surface area contributed by atoms with Crippen molar-refractivity contribution >= 4 is 5.91 Å². The van der Waals surface area contributed by atoms with E-state index in [1.54, 1.807) is 24.4 Å². The van der Waals surface area contributed by atoms with Crippen LogP contribution in [-0.2, 0) is 0 Å². The zero-order chi connectivity index (χ0) is 10.9. The Morgan fingerprint density at radius 1 is 1.53 bits per heavy atom. The number of carbonyl (C=O) groups excluding carboxylic acids is 1. The summed E-state index contributed by atoms with van der Waals surface area (Å²) >= 11 is 0. The molecule has 0 unspecified atom stereocenters. The zero-order valence-corrected chi connectivity index (χ0v) is 8.57. The van der Waals surface area contributed by atoms with Gasteiger partial charge in [-0.25, -0.2) is 5.43 Å². The third kappa shape index (κ3) is 4.37. The molecule has 4 nitrogen and oxygen atoms in total. The van der Waals surface area contributed by atoms with Gasteiger partial charge in [0.25, 0.3) is 5.91 Å². The topological polar surface area (TPSA) is 54.0 Å². The van der Waals surface area contributed by atoms with Gasteiger partial charge in [0.05, 0.1) is 0 Å². The summed E-state index contributed by atoms with van der Waals surface area (Å²) in [6, 6.07) is 5.22. The predicted molar refractivity (Wildman–Crippen MR) is 59.1 cm³/mol. The molecule has 80 valence electrons. The van der Waals surface area contributed by atoms with Crippen molar-refractivity contribution in [2.45, 2.75) is 12.8 Å². The van der Waals surface area contributed by atoms with Crippen LogP contribution in [0.2, 0.25) is 0 Å². The third-order valence-corrected chi connectivity index (χ3v) is 1.81. The molecule has 0 saturated carbocycles. The van der Waals surface area contributed by atoms with Gasteiger partial charge in [0.2, 0.25) is 0 Å². The quantitative estimate of drug-likeness (QED) is 0.418. The van der Waals surface area contributed by atoms with Crippen LogP contribution in [0, 0.1) is 0 Å². The van der Waals surface area contributed by atoms with Crippen molar-refractivity contribution in [3.05, 3.63) is 42.7 Å². The normalized spacial score (nSPS) is 9.60. The van der Waals surface area contributed by atoms with E-state index in [4.69, 9.17) is 0 Å². The number of aromatic nitrogens is 1. The van der Waals surface area contributed by atoms with E-state index >= 15 is 0 Å². The largest absolute Gasteiger partial charge is 0.286 e. The van der Waals surface area contributed by atoms with E-state index in [1.165, 1.54) is 0 Å². The van der Waals surface area contributed by atoms with Crippen LogP contribution in [-0.4, -0.2) is 17.4 Å². The Bertz CT molecular complexity index is 311. The summed E-state index contributed by atoms with van der Waals surface area (Å²) in [5.74, 6) is -0.214. The Hall–Kier alpha value is -1.68. The first-order valence-corrected chi connectivity index (χ1v) is 4.89. The number of carbonyl (C=O) groups is 1. The first kappa shape index (κ1) is 11.4. The van der Waals surface area contributed by atoms with E-state index in [1.807, 2.05) is 6.08 Å². The molecule has 4 heteroatoms. The molecule has 1 amide bonds. The standard InChI is InChI=1S/C11H15N3O/c1-2-3-5-9-13-14-11(15)10-7-4-6-8-12-10/h2,4,6-8,13H,1,3,5,9H2,(H,14,15). The van der Waals surface area contributed by atoms with Crippen molar-refractivity contribution in [1.29, 1.82) is 0 Å². The van der Waals surface area contributed by atoms with Gasteiger partial charge in [-0.05, 0) is 25.0 Å². The molecule has 0 fully saturated rings. The van der Waals surface area contributed by atoms with Gasteiger partial charge in [0.1, 0.15) is 5.69 Å². The molecule has 0 atom stereocenters. The van der Waals surface area contributed by atoms with Gasteiger partial charge in [0.15, 0.2) is 0 Å². The molecule has 0 aliphatic heterocycles. The first-order chi connectivity index (χ1) is 7.34. The molecule has 0 radical (unpaired) electrons. The SMILES string of the molecule is C=CCCCNNC(=O)c1ccccn1. The van der Waals surface area contributed by atoms with Gasteiger partial charge in [0, 0.05) is 12.7 Å². The molecule has 1 heterocycles. The lowest BCUT2D eigenvalue weighted by Gasteiger charge is -2.05. The highest BCUT2D eigenvalue weighted by Gasteiger charge is 2.03. The summed E-state index contributed by atoms with van der Waals surface area (Å²) in [5, 5.41) is 0. The molecule has 0 bridgehead atoms. The predicted octanol–water partition coefficient (Wildman–Crippen LogP) is 1.28. The van der Waals surface area contributed by atoms with Crippen LogP contribution >= 0.6 is 0 Å².